The summed E-state index contributed by atoms with van der Waals surface area (Å²) in [6.07, 6.45) is 0.439. The number of hydrogen-bond acceptors (Lipinski definition) is 3. The molecule has 0 aromatic rings. The second-order valence-corrected chi connectivity index (χ2v) is 4.95. The van der Waals surface area contributed by atoms with Crippen LogP contribution >= 0.6 is 0 Å². The van der Waals surface area contributed by atoms with Gasteiger partial charge in [-0.05, 0) is 19.8 Å². The van der Waals surface area contributed by atoms with Crippen molar-refractivity contribution in [3.63, 3.8) is 0 Å². The minimum Gasteiger partial charge on any atom is -0.396 e. The van der Waals surface area contributed by atoms with E-state index >= 15 is 0 Å². The second-order valence-electron chi connectivity index (χ2n) is 3.30. The van der Waals surface area contributed by atoms with E-state index in [4.69, 9.17) is 5.11 Å². The van der Waals surface area contributed by atoms with E-state index in [-0.39, 0.29) is 13.0 Å². The molecule has 1 atom stereocenters. The first-order chi connectivity index (χ1) is 6.27. The Bertz CT molecular complexity index is 268. The number of nitrogens with one attached hydrogen (secondary N) is 1. The molecule has 7 heteroatoms. The van der Waals surface area contributed by atoms with Crippen molar-refractivity contribution in [3.05, 3.63) is 0 Å². The van der Waals surface area contributed by atoms with Crippen LogP contribution in [0.5, 0.6) is 0 Å². The highest BCUT2D eigenvalue weighted by molar-refractivity contribution is 7.89. The van der Waals surface area contributed by atoms with Crippen molar-refractivity contribution in [2.24, 2.45) is 0 Å². The number of alkyl halides is 2. The molecule has 0 aromatic heterocycles. The summed E-state index contributed by atoms with van der Waals surface area (Å²) in [5, 5.41) is 8.65. The lowest BCUT2D eigenvalue weighted by Crippen LogP contribution is -2.48. The molecule has 4 nitrogen and oxygen atoms in total. The minimum absolute atomic E-state index is 0.107. The molecule has 1 unspecified atom stereocenters. The maximum Gasteiger partial charge on any atom is 0.350 e. The quantitative estimate of drug-likeness (QED) is 0.706. The van der Waals surface area contributed by atoms with Crippen molar-refractivity contribution in [2.75, 3.05) is 6.61 Å². The first-order valence-electron chi connectivity index (χ1n) is 4.19. The van der Waals surface area contributed by atoms with Gasteiger partial charge in [0.1, 0.15) is 0 Å². The lowest BCUT2D eigenvalue weighted by atomic mass is 9.97. The predicted octanol–water partition coefficient (Wildman–Crippen LogP) is 0.680. The van der Waals surface area contributed by atoms with Crippen LogP contribution in [0.2, 0.25) is 0 Å². The van der Waals surface area contributed by atoms with Gasteiger partial charge in [0, 0.05) is 12.1 Å². The lowest BCUT2D eigenvalue weighted by Gasteiger charge is -2.28. The average Bonchev–Trinajstić information content (AvgIpc) is 2.03. The van der Waals surface area contributed by atoms with E-state index in [0.29, 0.717) is 6.42 Å². The van der Waals surface area contributed by atoms with Gasteiger partial charge in [-0.25, -0.2) is 13.1 Å². The summed E-state index contributed by atoms with van der Waals surface area (Å²) >= 11 is 0. The largest absolute Gasteiger partial charge is 0.396 e. The Morgan fingerprint density at radius 2 is 2.00 bits per heavy atom. The zero-order valence-corrected chi connectivity index (χ0v) is 8.94. The molecule has 86 valence electrons. The van der Waals surface area contributed by atoms with Crippen LogP contribution in [0.1, 0.15) is 26.7 Å². The molecule has 0 aromatic carbocycles. The molecule has 2 N–H and O–H groups in total. The third-order valence-corrected chi connectivity index (χ3v) is 3.31. The molecule has 0 spiro atoms. The summed E-state index contributed by atoms with van der Waals surface area (Å²) in [6, 6.07) is 0. The molecule has 0 saturated carbocycles. The van der Waals surface area contributed by atoms with Gasteiger partial charge in [0.25, 0.3) is 10.0 Å². The summed E-state index contributed by atoms with van der Waals surface area (Å²) in [6.45, 7) is 2.88. The Kier molecular flexibility index (Phi) is 4.90. The topological polar surface area (TPSA) is 66.4 Å². The van der Waals surface area contributed by atoms with Gasteiger partial charge >= 0.3 is 5.76 Å². The number of aliphatic hydroxyl groups excluding tert-OH is 1. The fourth-order valence-corrected chi connectivity index (χ4v) is 1.96. The number of halogens is 2. The third kappa shape index (κ3) is 3.85. The summed E-state index contributed by atoms with van der Waals surface area (Å²) in [7, 11) is -4.58. The lowest BCUT2D eigenvalue weighted by molar-refractivity contribution is 0.213. The van der Waals surface area contributed by atoms with Gasteiger partial charge in [0.15, 0.2) is 0 Å². The first-order valence-corrected chi connectivity index (χ1v) is 5.74. The van der Waals surface area contributed by atoms with E-state index in [9.17, 15) is 17.2 Å². The highest BCUT2D eigenvalue weighted by Gasteiger charge is 2.33. The van der Waals surface area contributed by atoms with Gasteiger partial charge in [-0.2, -0.15) is 8.78 Å². The molecule has 0 aliphatic heterocycles. The zero-order chi connectivity index (χ0) is 11.4. The molecule has 0 amide bonds. The molecule has 0 radical (unpaired) electrons. The van der Waals surface area contributed by atoms with Crippen molar-refractivity contribution in [2.45, 2.75) is 38.0 Å². The normalized spacial score (nSPS) is 17.0. The molecule has 0 saturated heterocycles. The fourth-order valence-electron chi connectivity index (χ4n) is 0.935. The van der Waals surface area contributed by atoms with E-state index < -0.39 is 21.3 Å². The Balaban J connectivity index is 4.62. The highest BCUT2D eigenvalue weighted by Crippen LogP contribution is 2.17. The Labute approximate surface area is 82.4 Å². The van der Waals surface area contributed by atoms with E-state index in [1.165, 1.54) is 6.92 Å². The van der Waals surface area contributed by atoms with Gasteiger partial charge < -0.3 is 5.11 Å². The zero-order valence-electron chi connectivity index (χ0n) is 8.13. The smallest absolute Gasteiger partial charge is 0.350 e. The molecule has 0 aliphatic rings. The molecular formula is C7H15F2NO3S. The molecule has 0 aliphatic carbocycles. The number of rotatable bonds is 6. The summed E-state index contributed by atoms with van der Waals surface area (Å²) in [4.78, 5) is 0. The molecule has 0 rings (SSSR count). The van der Waals surface area contributed by atoms with Crippen LogP contribution < -0.4 is 4.72 Å². The van der Waals surface area contributed by atoms with Gasteiger partial charge in [0.2, 0.25) is 0 Å². The van der Waals surface area contributed by atoms with E-state index in [2.05, 4.69) is 0 Å². The maximum atomic E-state index is 12.0. The van der Waals surface area contributed by atoms with Crippen molar-refractivity contribution in [1.29, 1.82) is 0 Å². The summed E-state index contributed by atoms with van der Waals surface area (Å²) < 4.78 is 47.6. The predicted molar refractivity (Wildman–Crippen MR) is 48.5 cm³/mol. The summed E-state index contributed by atoms with van der Waals surface area (Å²) in [5.74, 6) is -3.44. The van der Waals surface area contributed by atoms with Crippen LogP contribution in [0.25, 0.3) is 0 Å². The molecule has 0 fully saturated rings. The molecular weight excluding hydrogens is 216 g/mol. The van der Waals surface area contributed by atoms with Gasteiger partial charge in [-0.3, -0.25) is 0 Å². The summed E-state index contributed by atoms with van der Waals surface area (Å²) in [5.41, 5.74) is -1.01. The Morgan fingerprint density at radius 1 is 1.50 bits per heavy atom. The third-order valence-electron chi connectivity index (χ3n) is 2.07. The molecule has 14 heavy (non-hydrogen) atoms. The van der Waals surface area contributed by atoms with Gasteiger partial charge in [-0.1, -0.05) is 6.92 Å². The van der Waals surface area contributed by atoms with Gasteiger partial charge in [-0.15, -0.1) is 0 Å². The SMILES string of the molecule is CCC(C)(CCO)NS(=O)(=O)C(F)F. The maximum absolute atomic E-state index is 12.0. The van der Waals surface area contributed by atoms with E-state index in [1.807, 2.05) is 4.72 Å². The Hall–Kier alpha value is -0.270. The molecule has 0 bridgehead atoms. The van der Waals surface area contributed by atoms with Crippen molar-refractivity contribution >= 4 is 10.0 Å². The second kappa shape index (κ2) is 4.99. The first kappa shape index (κ1) is 13.7. The van der Waals surface area contributed by atoms with Crippen molar-refractivity contribution in [1.82, 2.24) is 4.72 Å². The van der Waals surface area contributed by atoms with Crippen LogP contribution in [0, 0.1) is 0 Å². The van der Waals surface area contributed by atoms with E-state index in [0.717, 1.165) is 0 Å². The number of sulfonamides is 1. The van der Waals surface area contributed by atoms with Crippen LogP contribution in [-0.2, 0) is 10.0 Å². The minimum atomic E-state index is -4.58. The van der Waals surface area contributed by atoms with Crippen molar-refractivity contribution < 1.29 is 22.3 Å². The highest BCUT2D eigenvalue weighted by atomic mass is 32.2. The van der Waals surface area contributed by atoms with Crippen LogP contribution in [-0.4, -0.2) is 31.4 Å². The van der Waals surface area contributed by atoms with Crippen LogP contribution in [0.4, 0.5) is 8.78 Å². The molecule has 0 heterocycles. The number of hydrogen-bond donors (Lipinski definition) is 2. The fraction of sp³-hybridized carbons (Fsp3) is 1.00. The van der Waals surface area contributed by atoms with Gasteiger partial charge in [0.05, 0.1) is 0 Å². The van der Waals surface area contributed by atoms with Crippen molar-refractivity contribution in [3.8, 4) is 0 Å². The van der Waals surface area contributed by atoms with E-state index in [1.54, 1.807) is 6.92 Å². The van der Waals surface area contributed by atoms with Crippen LogP contribution in [0.3, 0.4) is 0 Å². The monoisotopic (exact) mass is 231 g/mol. The number of aliphatic hydroxyl groups is 1. The average molecular weight is 231 g/mol. The Morgan fingerprint density at radius 3 is 2.29 bits per heavy atom. The standard InChI is InChI=1S/C7H15F2NO3S/c1-3-7(2,4-5-11)10-14(12,13)6(8)9/h6,10-11H,3-5H2,1-2H3. The van der Waals surface area contributed by atoms with Crippen LogP contribution in [0.15, 0.2) is 0 Å².